The smallest absolute Gasteiger partial charge is 0.191 e. The maximum atomic E-state index is 12.9. The first-order valence-electron chi connectivity index (χ1n) is 10.2. The predicted octanol–water partition coefficient (Wildman–Crippen LogP) is 6.05. The second-order valence-electron chi connectivity index (χ2n) is 7.97. The van der Waals surface area contributed by atoms with E-state index in [0.717, 1.165) is 51.1 Å². The molecule has 1 N–H and O–H groups in total. The highest BCUT2D eigenvalue weighted by Crippen LogP contribution is 2.40. The van der Waals surface area contributed by atoms with Gasteiger partial charge in [0.1, 0.15) is 5.65 Å². The molecule has 0 unspecified atom stereocenters. The first kappa shape index (κ1) is 17.5. The summed E-state index contributed by atoms with van der Waals surface area (Å²) in [5.41, 5.74) is 5.60. The number of nitrogens with zero attached hydrogens (tertiary/aromatic N) is 2. The van der Waals surface area contributed by atoms with Crippen LogP contribution in [0.4, 0.5) is 0 Å². The van der Waals surface area contributed by atoms with Crippen molar-refractivity contribution >= 4 is 33.3 Å². The molecular formula is C25H19N3OS. The molecule has 1 aliphatic rings. The molecule has 5 heteroatoms. The highest BCUT2D eigenvalue weighted by atomic mass is 32.1. The number of nitrogens with one attached hydrogen (secondary N) is 1. The first-order valence-corrected chi connectivity index (χ1v) is 11.0. The summed E-state index contributed by atoms with van der Waals surface area (Å²) < 4.78 is 0. The highest BCUT2D eigenvalue weighted by Gasteiger charge is 2.25. The molecule has 0 amide bonds. The first-order chi connectivity index (χ1) is 14.7. The summed E-state index contributed by atoms with van der Waals surface area (Å²) in [7, 11) is 0. The van der Waals surface area contributed by atoms with E-state index in [4.69, 9.17) is 4.98 Å². The Labute approximate surface area is 177 Å². The lowest BCUT2D eigenvalue weighted by molar-refractivity contribution is 1.03. The summed E-state index contributed by atoms with van der Waals surface area (Å²) in [4.78, 5) is 28.1. The van der Waals surface area contributed by atoms with E-state index in [1.54, 1.807) is 23.6 Å². The van der Waals surface area contributed by atoms with E-state index >= 15 is 0 Å². The van der Waals surface area contributed by atoms with Crippen molar-refractivity contribution in [2.75, 3.05) is 0 Å². The topological polar surface area (TPSA) is 58.6 Å². The number of benzene rings is 1. The molecule has 1 aliphatic carbocycles. The van der Waals surface area contributed by atoms with E-state index in [2.05, 4.69) is 47.2 Å². The van der Waals surface area contributed by atoms with Gasteiger partial charge in [-0.1, -0.05) is 12.1 Å². The van der Waals surface area contributed by atoms with Gasteiger partial charge in [-0.15, -0.1) is 11.3 Å². The molecule has 6 rings (SSSR count). The zero-order valence-corrected chi connectivity index (χ0v) is 17.3. The van der Waals surface area contributed by atoms with Gasteiger partial charge in [-0.05, 0) is 67.6 Å². The Morgan fingerprint density at radius 2 is 1.97 bits per heavy atom. The van der Waals surface area contributed by atoms with Gasteiger partial charge in [0.25, 0.3) is 0 Å². The number of aromatic nitrogens is 3. The number of hydrogen-bond acceptors (Lipinski definition) is 4. The van der Waals surface area contributed by atoms with Gasteiger partial charge in [0, 0.05) is 33.8 Å². The van der Waals surface area contributed by atoms with Gasteiger partial charge >= 0.3 is 0 Å². The van der Waals surface area contributed by atoms with Crippen LogP contribution in [-0.4, -0.2) is 15.0 Å². The molecule has 4 heterocycles. The van der Waals surface area contributed by atoms with E-state index in [-0.39, 0.29) is 5.43 Å². The Hall–Kier alpha value is -3.31. The molecule has 1 saturated carbocycles. The van der Waals surface area contributed by atoms with Crippen LogP contribution in [0, 0.1) is 6.92 Å². The van der Waals surface area contributed by atoms with Crippen molar-refractivity contribution in [2.24, 2.45) is 0 Å². The van der Waals surface area contributed by atoms with Gasteiger partial charge in [0.05, 0.1) is 21.5 Å². The lowest BCUT2D eigenvalue weighted by Crippen LogP contribution is -2.07. The summed E-state index contributed by atoms with van der Waals surface area (Å²) in [5, 5.41) is 1.71. The number of fused-ring (bicyclic) bond motifs is 2. The minimum absolute atomic E-state index is 0.0377. The van der Waals surface area contributed by atoms with Crippen molar-refractivity contribution in [1.29, 1.82) is 0 Å². The molecule has 30 heavy (non-hydrogen) atoms. The zero-order chi connectivity index (χ0) is 20.2. The van der Waals surface area contributed by atoms with E-state index in [0.29, 0.717) is 17.0 Å². The van der Waals surface area contributed by atoms with Crippen molar-refractivity contribution < 1.29 is 0 Å². The molecule has 0 atom stereocenters. The molecule has 4 aromatic heterocycles. The van der Waals surface area contributed by atoms with Crippen molar-refractivity contribution in [3.05, 3.63) is 81.6 Å². The third kappa shape index (κ3) is 2.94. The SMILES string of the molecule is Cc1ccc(-c2nc3[nH]c(C4CC4)cc(=O)c3cc2-c2ccc3ncccc3c2)s1. The molecule has 4 nitrogen and oxygen atoms in total. The Kier molecular flexibility index (Phi) is 3.86. The molecule has 5 aromatic rings. The summed E-state index contributed by atoms with van der Waals surface area (Å²) in [6.45, 7) is 2.10. The molecule has 0 spiro atoms. The maximum absolute atomic E-state index is 12.9. The number of hydrogen-bond donors (Lipinski definition) is 1. The molecule has 0 saturated heterocycles. The third-order valence-electron chi connectivity index (χ3n) is 5.74. The third-order valence-corrected chi connectivity index (χ3v) is 6.75. The minimum Gasteiger partial charge on any atom is -0.343 e. The van der Waals surface area contributed by atoms with Gasteiger partial charge in [0.2, 0.25) is 0 Å². The average Bonchev–Trinajstić information content (AvgIpc) is 3.53. The van der Waals surface area contributed by atoms with Crippen LogP contribution in [0.3, 0.4) is 0 Å². The van der Waals surface area contributed by atoms with Crippen LogP contribution in [-0.2, 0) is 0 Å². The Morgan fingerprint density at radius 3 is 2.77 bits per heavy atom. The van der Waals surface area contributed by atoms with Crippen LogP contribution >= 0.6 is 11.3 Å². The fourth-order valence-electron chi connectivity index (χ4n) is 4.02. The summed E-state index contributed by atoms with van der Waals surface area (Å²) in [6, 6.07) is 18.2. The average molecular weight is 410 g/mol. The monoisotopic (exact) mass is 409 g/mol. The molecule has 1 aromatic carbocycles. The van der Waals surface area contributed by atoms with Crippen molar-refractivity contribution in [1.82, 2.24) is 15.0 Å². The van der Waals surface area contributed by atoms with Crippen LogP contribution in [0.15, 0.2) is 65.6 Å². The van der Waals surface area contributed by atoms with E-state index in [1.165, 1.54) is 4.88 Å². The normalized spacial score (nSPS) is 13.9. The van der Waals surface area contributed by atoms with Gasteiger partial charge in [-0.3, -0.25) is 9.78 Å². The molecule has 0 bridgehead atoms. The van der Waals surface area contributed by atoms with Crippen molar-refractivity contribution in [3.8, 4) is 21.7 Å². The van der Waals surface area contributed by atoms with Gasteiger partial charge in [-0.25, -0.2) is 4.98 Å². The maximum Gasteiger partial charge on any atom is 0.191 e. The van der Waals surface area contributed by atoms with E-state index < -0.39 is 0 Å². The quantitative estimate of drug-likeness (QED) is 0.394. The lowest BCUT2D eigenvalue weighted by atomic mass is 9.99. The largest absolute Gasteiger partial charge is 0.343 e. The summed E-state index contributed by atoms with van der Waals surface area (Å²) in [6.07, 6.45) is 4.08. The number of aryl methyl sites for hydroxylation is 1. The van der Waals surface area contributed by atoms with Crippen LogP contribution in [0.1, 0.15) is 29.3 Å². The van der Waals surface area contributed by atoms with Gasteiger partial charge in [0.15, 0.2) is 5.43 Å². The van der Waals surface area contributed by atoms with E-state index in [1.807, 2.05) is 18.2 Å². The van der Waals surface area contributed by atoms with Crippen LogP contribution in [0.25, 0.3) is 43.6 Å². The minimum atomic E-state index is 0.0377. The van der Waals surface area contributed by atoms with Gasteiger partial charge < -0.3 is 4.98 Å². The highest BCUT2D eigenvalue weighted by molar-refractivity contribution is 7.15. The second kappa shape index (κ2) is 6.61. The molecule has 0 aliphatic heterocycles. The van der Waals surface area contributed by atoms with Crippen molar-refractivity contribution in [2.45, 2.75) is 25.7 Å². The number of thiophene rings is 1. The number of rotatable bonds is 3. The number of pyridine rings is 3. The molecule has 0 radical (unpaired) electrons. The van der Waals surface area contributed by atoms with E-state index in [9.17, 15) is 4.79 Å². The molecular weight excluding hydrogens is 390 g/mol. The molecule has 1 fully saturated rings. The Morgan fingerprint density at radius 1 is 1.07 bits per heavy atom. The standard InChI is InChI=1S/C25H19N3OS/c1-14-4-9-23(30-14)24-18(16-7-8-20-17(11-16)3-2-10-26-20)12-19-22(29)13-21(15-5-6-15)27-25(19)28-24/h2-4,7-13,15H,5-6H2,1H3,(H,27,28,29). The van der Waals surface area contributed by atoms with Crippen LogP contribution < -0.4 is 5.43 Å². The van der Waals surface area contributed by atoms with Crippen LogP contribution in [0.5, 0.6) is 0 Å². The van der Waals surface area contributed by atoms with Crippen molar-refractivity contribution in [3.63, 3.8) is 0 Å². The summed E-state index contributed by atoms with van der Waals surface area (Å²) in [5.74, 6) is 0.476. The predicted molar refractivity (Wildman–Crippen MR) is 123 cm³/mol. The fourth-order valence-corrected chi connectivity index (χ4v) is 4.89. The molecule has 146 valence electrons. The van der Waals surface area contributed by atoms with Crippen LogP contribution in [0.2, 0.25) is 0 Å². The summed E-state index contributed by atoms with van der Waals surface area (Å²) >= 11 is 1.72. The Bertz CT molecular complexity index is 1490. The number of aromatic amines is 1. The fraction of sp³-hybridized carbons (Fsp3) is 0.160. The zero-order valence-electron chi connectivity index (χ0n) is 16.5. The Balaban J connectivity index is 1.64. The lowest BCUT2D eigenvalue weighted by Gasteiger charge is -2.12. The van der Waals surface area contributed by atoms with Gasteiger partial charge in [-0.2, -0.15) is 0 Å². The number of H-pyrrole nitrogens is 1. The second-order valence-corrected chi connectivity index (χ2v) is 9.25.